The quantitative estimate of drug-likeness (QED) is 0.835. The predicted molar refractivity (Wildman–Crippen MR) is 76.3 cm³/mol. The Hall–Kier alpha value is -0.610. The highest BCUT2D eigenvalue weighted by atomic mass is 16.5. The van der Waals surface area contributed by atoms with Crippen LogP contribution in [0.15, 0.2) is 0 Å². The topological polar surface area (TPSA) is 49.8 Å². The summed E-state index contributed by atoms with van der Waals surface area (Å²) in [6.45, 7) is 13.4. The van der Waals surface area contributed by atoms with Gasteiger partial charge in [0.05, 0.1) is 17.6 Å². The molecule has 1 aliphatic heterocycles. The number of nitrogens with zero attached hydrogens (tertiary/aromatic N) is 1. The van der Waals surface area contributed by atoms with Crippen LogP contribution in [0.2, 0.25) is 0 Å². The Morgan fingerprint density at radius 2 is 1.95 bits per heavy atom. The summed E-state index contributed by atoms with van der Waals surface area (Å²) in [4.78, 5) is 13.7. The summed E-state index contributed by atoms with van der Waals surface area (Å²) in [6.07, 6.45) is 2.09. The Kier molecular flexibility index (Phi) is 5.39. The van der Waals surface area contributed by atoms with Crippen molar-refractivity contribution in [2.45, 2.75) is 53.1 Å². The molecule has 0 aromatic carbocycles. The number of carboxylic acids is 1. The van der Waals surface area contributed by atoms with E-state index in [0.29, 0.717) is 6.61 Å². The first kappa shape index (κ1) is 16.4. The first-order chi connectivity index (χ1) is 8.63. The molecule has 1 aliphatic rings. The molecule has 4 nitrogen and oxygen atoms in total. The van der Waals surface area contributed by atoms with Crippen molar-refractivity contribution in [3.63, 3.8) is 0 Å². The summed E-state index contributed by atoms with van der Waals surface area (Å²) in [6, 6.07) is 0. The largest absolute Gasteiger partial charge is 0.481 e. The van der Waals surface area contributed by atoms with E-state index in [1.54, 1.807) is 0 Å². The lowest BCUT2D eigenvalue weighted by atomic mass is 9.74. The minimum absolute atomic E-state index is 0.102. The molecule has 1 fully saturated rings. The zero-order valence-corrected chi connectivity index (χ0v) is 13.0. The van der Waals surface area contributed by atoms with Crippen LogP contribution in [0, 0.1) is 11.3 Å². The summed E-state index contributed by atoms with van der Waals surface area (Å²) in [5.41, 5.74) is -0.737. The van der Waals surface area contributed by atoms with Crippen molar-refractivity contribution in [1.29, 1.82) is 0 Å². The average Bonchev–Trinajstić information content (AvgIpc) is 2.27. The smallest absolute Gasteiger partial charge is 0.309 e. The Bertz CT molecular complexity index is 307. The van der Waals surface area contributed by atoms with Crippen LogP contribution >= 0.6 is 0 Å². The second-order valence-corrected chi connectivity index (χ2v) is 7.13. The van der Waals surface area contributed by atoms with Gasteiger partial charge in [0.2, 0.25) is 0 Å². The maximum absolute atomic E-state index is 11.3. The molecule has 0 aromatic heterocycles. The average molecular weight is 271 g/mol. The lowest BCUT2D eigenvalue weighted by Gasteiger charge is -2.39. The summed E-state index contributed by atoms with van der Waals surface area (Å²) in [7, 11) is 0. The standard InChI is InChI=1S/C15H29NO3/c1-14(2,3)19-10-9-16-8-6-7-12(11-16)15(4,5)13(17)18/h12H,6-11H2,1-5H3,(H,17,18). The maximum atomic E-state index is 11.3. The van der Waals surface area contributed by atoms with E-state index in [4.69, 9.17) is 4.74 Å². The fraction of sp³-hybridized carbons (Fsp3) is 0.933. The van der Waals surface area contributed by atoms with E-state index >= 15 is 0 Å². The summed E-state index contributed by atoms with van der Waals surface area (Å²) in [5.74, 6) is -0.460. The van der Waals surface area contributed by atoms with Crippen LogP contribution in [0.4, 0.5) is 0 Å². The van der Waals surface area contributed by atoms with Crippen LogP contribution in [0.1, 0.15) is 47.5 Å². The molecular weight excluding hydrogens is 242 g/mol. The van der Waals surface area contributed by atoms with Gasteiger partial charge in [-0.2, -0.15) is 0 Å². The predicted octanol–water partition coefficient (Wildman–Crippen LogP) is 2.62. The van der Waals surface area contributed by atoms with Gasteiger partial charge in [-0.1, -0.05) is 0 Å². The molecule has 0 aromatic rings. The van der Waals surface area contributed by atoms with E-state index in [0.717, 1.165) is 32.5 Å². The molecular formula is C15H29NO3. The van der Waals surface area contributed by atoms with Gasteiger partial charge in [-0.15, -0.1) is 0 Å². The lowest BCUT2D eigenvalue weighted by Crippen LogP contribution is -2.45. The molecule has 4 heteroatoms. The molecule has 112 valence electrons. The van der Waals surface area contributed by atoms with Crippen molar-refractivity contribution in [2.24, 2.45) is 11.3 Å². The van der Waals surface area contributed by atoms with Gasteiger partial charge in [0.15, 0.2) is 0 Å². The molecule has 0 spiro atoms. The number of hydrogen-bond donors (Lipinski definition) is 1. The van der Waals surface area contributed by atoms with Crippen LogP contribution in [-0.4, -0.2) is 47.8 Å². The zero-order chi connectivity index (χ0) is 14.7. The Balaban J connectivity index is 2.45. The highest BCUT2D eigenvalue weighted by molar-refractivity contribution is 5.74. The van der Waals surface area contributed by atoms with Crippen molar-refractivity contribution >= 4 is 5.97 Å². The van der Waals surface area contributed by atoms with Crippen molar-refractivity contribution < 1.29 is 14.6 Å². The molecule has 0 saturated carbocycles. The van der Waals surface area contributed by atoms with Crippen molar-refractivity contribution in [1.82, 2.24) is 4.90 Å². The van der Waals surface area contributed by atoms with Gasteiger partial charge in [-0.3, -0.25) is 4.79 Å². The van der Waals surface area contributed by atoms with Gasteiger partial charge >= 0.3 is 5.97 Å². The molecule has 1 unspecified atom stereocenters. The van der Waals surface area contributed by atoms with Gasteiger partial charge in [0.25, 0.3) is 0 Å². The van der Waals surface area contributed by atoms with Crippen LogP contribution < -0.4 is 0 Å². The zero-order valence-electron chi connectivity index (χ0n) is 13.0. The van der Waals surface area contributed by atoms with Gasteiger partial charge in [-0.25, -0.2) is 0 Å². The number of ether oxygens (including phenoxy) is 1. The number of piperidine rings is 1. The fourth-order valence-electron chi connectivity index (χ4n) is 2.50. The molecule has 1 saturated heterocycles. The number of likely N-dealkylation sites (tertiary alicyclic amines) is 1. The third-order valence-electron chi connectivity index (χ3n) is 4.02. The second-order valence-electron chi connectivity index (χ2n) is 7.13. The Labute approximate surface area is 117 Å². The van der Waals surface area contributed by atoms with Crippen molar-refractivity contribution in [3.05, 3.63) is 0 Å². The first-order valence-corrected chi connectivity index (χ1v) is 7.22. The van der Waals surface area contributed by atoms with E-state index in [-0.39, 0.29) is 11.5 Å². The summed E-state index contributed by atoms with van der Waals surface area (Å²) >= 11 is 0. The van der Waals surface area contributed by atoms with Gasteiger partial charge in [-0.05, 0) is 59.9 Å². The molecule has 1 rings (SSSR count). The van der Waals surface area contributed by atoms with Crippen LogP contribution in [0.3, 0.4) is 0 Å². The SMILES string of the molecule is CC(C)(C)OCCN1CCCC(C(C)(C)C(=O)O)C1. The summed E-state index contributed by atoms with van der Waals surface area (Å²) in [5, 5.41) is 9.32. The van der Waals surface area contributed by atoms with Crippen LogP contribution in [-0.2, 0) is 9.53 Å². The molecule has 0 radical (unpaired) electrons. The molecule has 0 bridgehead atoms. The molecule has 0 aliphatic carbocycles. The Morgan fingerprint density at radius 1 is 1.32 bits per heavy atom. The maximum Gasteiger partial charge on any atom is 0.309 e. The number of carbonyl (C=O) groups is 1. The van der Waals surface area contributed by atoms with E-state index in [9.17, 15) is 9.90 Å². The normalized spacial score (nSPS) is 22.5. The monoisotopic (exact) mass is 271 g/mol. The van der Waals surface area contributed by atoms with E-state index in [2.05, 4.69) is 25.7 Å². The second kappa shape index (κ2) is 6.23. The Morgan fingerprint density at radius 3 is 2.47 bits per heavy atom. The van der Waals surface area contributed by atoms with Crippen LogP contribution in [0.5, 0.6) is 0 Å². The molecule has 1 atom stereocenters. The van der Waals surface area contributed by atoms with Gasteiger partial charge in [0, 0.05) is 13.1 Å². The molecule has 1 N–H and O–H groups in total. The minimum atomic E-state index is -0.690. The first-order valence-electron chi connectivity index (χ1n) is 7.22. The van der Waals surface area contributed by atoms with Crippen molar-refractivity contribution in [3.8, 4) is 0 Å². The summed E-state index contributed by atoms with van der Waals surface area (Å²) < 4.78 is 5.74. The molecule has 19 heavy (non-hydrogen) atoms. The van der Waals surface area contributed by atoms with E-state index in [1.165, 1.54) is 0 Å². The van der Waals surface area contributed by atoms with E-state index < -0.39 is 11.4 Å². The minimum Gasteiger partial charge on any atom is -0.481 e. The number of aliphatic carboxylic acids is 1. The number of carboxylic acid groups (broad SMARTS) is 1. The number of rotatable bonds is 5. The van der Waals surface area contributed by atoms with Gasteiger partial charge in [0.1, 0.15) is 0 Å². The molecule has 1 heterocycles. The van der Waals surface area contributed by atoms with E-state index in [1.807, 2.05) is 13.8 Å². The fourth-order valence-corrected chi connectivity index (χ4v) is 2.50. The third-order valence-corrected chi connectivity index (χ3v) is 4.02. The van der Waals surface area contributed by atoms with Crippen LogP contribution in [0.25, 0.3) is 0 Å². The highest BCUT2D eigenvalue weighted by Crippen LogP contribution is 2.34. The third kappa shape index (κ3) is 5.11. The van der Waals surface area contributed by atoms with Crippen molar-refractivity contribution in [2.75, 3.05) is 26.2 Å². The highest BCUT2D eigenvalue weighted by Gasteiger charge is 2.38. The van der Waals surface area contributed by atoms with Gasteiger partial charge < -0.3 is 14.7 Å². The molecule has 0 amide bonds. The lowest BCUT2D eigenvalue weighted by molar-refractivity contribution is -0.151. The number of hydrogen-bond acceptors (Lipinski definition) is 3.